The average Bonchev–Trinajstić information content (AvgIpc) is 2.03. The van der Waals surface area contributed by atoms with Crippen molar-refractivity contribution in [2.75, 3.05) is 19.7 Å². The van der Waals surface area contributed by atoms with Crippen LogP contribution in [-0.2, 0) is 4.74 Å². The second-order valence-corrected chi connectivity index (χ2v) is 4.24. The van der Waals surface area contributed by atoms with Gasteiger partial charge in [0, 0.05) is 25.2 Å². The zero-order valence-corrected chi connectivity index (χ0v) is 8.99. The van der Waals surface area contributed by atoms with Gasteiger partial charge in [0.15, 0.2) is 0 Å². The van der Waals surface area contributed by atoms with Gasteiger partial charge in [-0.1, -0.05) is 0 Å². The third-order valence-corrected chi connectivity index (χ3v) is 2.61. The fraction of sp³-hybridized carbons (Fsp3) is 1.00. The van der Waals surface area contributed by atoms with E-state index in [0.717, 1.165) is 26.1 Å². The summed E-state index contributed by atoms with van der Waals surface area (Å²) in [6.45, 7) is 9.42. The summed E-state index contributed by atoms with van der Waals surface area (Å²) in [6, 6.07) is 0.888. The monoisotopic (exact) mass is 186 g/mol. The number of nitrogens with two attached hydrogens (primary N) is 1. The van der Waals surface area contributed by atoms with Crippen LogP contribution in [0.1, 0.15) is 27.2 Å². The highest BCUT2D eigenvalue weighted by molar-refractivity contribution is 4.75. The number of rotatable bonds is 3. The molecule has 3 atom stereocenters. The maximum absolute atomic E-state index is 5.78. The van der Waals surface area contributed by atoms with Crippen LogP contribution in [0.4, 0.5) is 0 Å². The molecule has 3 unspecified atom stereocenters. The molecule has 1 rings (SSSR count). The molecule has 0 aromatic rings. The minimum Gasteiger partial charge on any atom is -0.376 e. The Balaban J connectivity index is 2.32. The highest BCUT2D eigenvalue weighted by atomic mass is 16.5. The summed E-state index contributed by atoms with van der Waals surface area (Å²) in [5, 5.41) is 0. The molecular weight excluding hydrogens is 164 g/mol. The highest BCUT2D eigenvalue weighted by Crippen LogP contribution is 2.11. The molecule has 1 heterocycles. The van der Waals surface area contributed by atoms with Gasteiger partial charge in [-0.2, -0.15) is 0 Å². The fourth-order valence-corrected chi connectivity index (χ4v) is 1.93. The molecule has 0 spiro atoms. The van der Waals surface area contributed by atoms with Crippen molar-refractivity contribution < 1.29 is 4.74 Å². The Morgan fingerprint density at radius 3 is 2.77 bits per heavy atom. The molecule has 1 saturated heterocycles. The summed E-state index contributed by atoms with van der Waals surface area (Å²) in [5.74, 6) is 0. The Hall–Kier alpha value is -0.120. The van der Waals surface area contributed by atoms with E-state index in [1.54, 1.807) is 0 Å². The first-order chi connectivity index (χ1) is 6.09. The van der Waals surface area contributed by atoms with Crippen LogP contribution < -0.4 is 5.73 Å². The number of hydrogen-bond acceptors (Lipinski definition) is 3. The second kappa shape index (κ2) is 4.94. The van der Waals surface area contributed by atoms with Crippen LogP contribution in [0, 0.1) is 0 Å². The summed E-state index contributed by atoms with van der Waals surface area (Å²) in [4.78, 5) is 2.47. The van der Waals surface area contributed by atoms with E-state index in [0.29, 0.717) is 18.2 Å². The van der Waals surface area contributed by atoms with Gasteiger partial charge >= 0.3 is 0 Å². The lowest BCUT2D eigenvalue weighted by Gasteiger charge is -2.36. The molecule has 0 saturated carbocycles. The summed E-state index contributed by atoms with van der Waals surface area (Å²) in [5.41, 5.74) is 5.78. The highest BCUT2D eigenvalue weighted by Gasteiger charge is 2.21. The van der Waals surface area contributed by atoms with Crippen molar-refractivity contribution in [2.24, 2.45) is 5.73 Å². The molecule has 0 aliphatic carbocycles. The summed E-state index contributed by atoms with van der Waals surface area (Å²) < 4.78 is 5.49. The molecule has 1 fully saturated rings. The minimum absolute atomic E-state index is 0.299. The van der Waals surface area contributed by atoms with Gasteiger partial charge < -0.3 is 10.5 Å². The van der Waals surface area contributed by atoms with E-state index < -0.39 is 0 Å². The van der Waals surface area contributed by atoms with Crippen LogP contribution >= 0.6 is 0 Å². The van der Waals surface area contributed by atoms with Gasteiger partial charge in [-0.25, -0.2) is 0 Å². The van der Waals surface area contributed by atoms with Crippen LogP contribution in [0.5, 0.6) is 0 Å². The molecule has 0 aromatic carbocycles. The third kappa shape index (κ3) is 3.63. The van der Waals surface area contributed by atoms with Gasteiger partial charge in [-0.05, 0) is 27.2 Å². The van der Waals surface area contributed by atoms with E-state index >= 15 is 0 Å². The molecule has 0 bridgehead atoms. The lowest BCUT2D eigenvalue weighted by Crippen LogP contribution is -2.47. The van der Waals surface area contributed by atoms with Gasteiger partial charge in [-0.3, -0.25) is 4.90 Å². The Morgan fingerprint density at radius 1 is 1.54 bits per heavy atom. The van der Waals surface area contributed by atoms with Crippen molar-refractivity contribution in [2.45, 2.75) is 45.4 Å². The molecule has 3 heteroatoms. The normalized spacial score (nSPS) is 30.0. The van der Waals surface area contributed by atoms with Crippen molar-refractivity contribution in [1.82, 2.24) is 4.90 Å². The zero-order valence-electron chi connectivity index (χ0n) is 8.99. The molecule has 1 aliphatic rings. The molecular formula is C10H22N2O. The average molecular weight is 186 g/mol. The summed E-state index contributed by atoms with van der Waals surface area (Å²) in [7, 11) is 0. The van der Waals surface area contributed by atoms with Crippen LogP contribution in [0.3, 0.4) is 0 Å². The Labute approximate surface area is 81.2 Å². The van der Waals surface area contributed by atoms with E-state index in [4.69, 9.17) is 10.5 Å². The van der Waals surface area contributed by atoms with E-state index in [-0.39, 0.29) is 0 Å². The van der Waals surface area contributed by atoms with E-state index in [9.17, 15) is 0 Å². The van der Waals surface area contributed by atoms with Crippen LogP contribution in [0.25, 0.3) is 0 Å². The molecule has 0 amide bonds. The predicted octanol–water partition coefficient (Wildman–Crippen LogP) is 0.833. The van der Waals surface area contributed by atoms with Gasteiger partial charge in [0.2, 0.25) is 0 Å². The number of ether oxygens (including phenoxy) is 1. The molecule has 0 radical (unpaired) electrons. The molecule has 13 heavy (non-hydrogen) atoms. The third-order valence-electron chi connectivity index (χ3n) is 2.61. The Bertz CT molecular complexity index is 150. The number of hydrogen-bond donors (Lipinski definition) is 1. The van der Waals surface area contributed by atoms with Gasteiger partial charge in [0.25, 0.3) is 0 Å². The Kier molecular flexibility index (Phi) is 4.16. The maximum Gasteiger partial charge on any atom is 0.0674 e. The largest absolute Gasteiger partial charge is 0.376 e. The summed E-state index contributed by atoms with van der Waals surface area (Å²) >= 11 is 0. The molecule has 78 valence electrons. The van der Waals surface area contributed by atoms with Crippen LogP contribution in [0.15, 0.2) is 0 Å². The molecule has 2 N–H and O–H groups in total. The molecule has 1 aliphatic heterocycles. The van der Waals surface area contributed by atoms with Crippen molar-refractivity contribution >= 4 is 0 Å². The first-order valence-electron chi connectivity index (χ1n) is 5.21. The lowest BCUT2D eigenvalue weighted by molar-refractivity contribution is -0.0331. The Morgan fingerprint density at radius 2 is 2.23 bits per heavy atom. The van der Waals surface area contributed by atoms with Crippen molar-refractivity contribution in [3.63, 3.8) is 0 Å². The topological polar surface area (TPSA) is 38.5 Å². The standard InChI is InChI=1S/C10H22N2O/c1-8(11)6-9(2)12-4-5-13-10(3)7-12/h8-10H,4-7,11H2,1-3H3. The second-order valence-electron chi connectivity index (χ2n) is 4.24. The van der Waals surface area contributed by atoms with E-state index in [1.807, 2.05) is 0 Å². The van der Waals surface area contributed by atoms with Crippen LogP contribution in [0.2, 0.25) is 0 Å². The van der Waals surface area contributed by atoms with Crippen molar-refractivity contribution in [3.05, 3.63) is 0 Å². The number of nitrogens with zero attached hydrogens (tertiary/aromatic N) is 1. The SMILES string of the molecule is CC(N)CC(C)N1CCOC(C)C1. The lowest BCUT2D eigenvalue weighted by atomic mass is 10.1. The van der Waals surface area contributed by atoms with E-state index in [2.05, 4.69) is 25.7 Å². The van der Waals surface area contributed by atoms with Crippen molar-refractivity contribution in [3.8, 4) is 0 Å². The summed E-state index contributed by atoms with van der Waals surface area (Å²) in [6.07, 6.45) is 1.46. The molecule has 3 nitrogen and oxygen atoms in total. The first kappa shape index (κ1) is 11.0. The van der Waals surface area contributed by atoms with E-state index in [1.165, 1.54) is 0 Å². The van der Waals surface area contributed by atoms with Gasteiger partial charge in [0.1, 0.15) is 0 Å². The van der Waals surface area contributed by atoms with Gasteiger partial charge in [-0.15, -0.1) is 0 Å². The van der Waals surface area contributed by atoms with Crippen molar-refractivity contribution in [1.29, 1.82) is 0 Å². The van der Waals surface area contributed by atoms with Gasteiger partial charge in [0.05, 0.1) is 12.7 Å². The first-order valence-corrected chi connectivity index (χ1v) is 5.21. The quantitative estimate of drug-likeness (QED) is 0.709. The fourth-order valence-electron chi connectivity index (χ4n) is 1.93. The van der Waals surface area contributed by atoms with Crippen LogP contribution in [-0.4, -0.2) is 42.8 Å². The zero-order chi connectivity index (χ0) is 9.84. The minimum atomic E-state index is 0.299. The molecule has 0 aromatic heterocycles. The predicted molar refractivity (Wildman–Crippen MR) is 54.7 cm³/mol. The smallest absolute Gasteiger partial charge is 0.0674 e. The maximum atomic E-state index is 5.78. The number of morpholine rings is 1.